The van der Waals surface area contributed by atoms with Gasteiger partial charge in [-0.15, -0.1) is 12.4 Å². The molecule has 1 atom stereocenters. The van der Waals surface area contributed by atoms with Crippen molar-refractivity contribution >= 4 is 12.4 Å². The SMILES string of the molecule is COc1ccc(O)c([C@H](N)CN)c1.Cl. The zero-order valence-electron chi connectivity index (χ0n) is 7.93. The second-order valence-electron chi connectivity index (χ2n) is 2.77. The van der Waals surface area contributed by atoms with Crippen molar-refractivity contribution in [1.29, 1.82) is 0 Å². The summed E-state index contributed by atoms with van der Waals surface area (Å²) >= 11 is 0. The number of hydrogen-bond acceptors (Lipinski definition) is 4. The van der Waals surface area contributed by atoms with Gasteiger partial charge in [0.2, 0.25) is 0 Å². The standard InChI is InChI=1S/C9H14N2O2.ClH/c1-13-6-2-3-9(12)7(4-6)8(11)5-10;/h2-4,8,12H,5,10-11H2,1H3;1H/t8-;/m1./s1. The minimum atomic E-state index is -0.352. The van der Waals surface area contributed by atoms with Crippen LogP contribution in [0.25, 0.3) is 0 Å². The molecule has 0 amide bonds. The van der Waals surface area contributed by atoms with E-state index in [2.05, 4.69) is 0 Å². The lowest BCUT2D eigenvalue weighted by Crippen LogP contribution is -2.20. The molecule has 0 spiro atoms. The van der Waals surface area contributed by atoms with Crippen LogP contribution in [0.2, 0.25) is 0 Å². The van der Waals surface area contributed by atoms with Crippen LogP contribution in [0, 0.1) is 0 Å². The Balaban J connectivity index is 0.00000169. The highest BCUT2D eigenvalue weighted by Gasteiger charge is 2.09. The lowest BCUT2D eigenvalue weighted by atomic mass is 10.1. The van der Waals surface area contributed by atoms with Crippen LogP contribution >= 0.6 is 12.4 Å². The summed E-state index contributed by atoms with van der Waals surface area (Å²) in [7, 11) is 1.56. The molecule has 14 heavy (non-hydrogen) atoms. The molecule has 4 nitrogen and oxygen atoms in total. The van der Waals surface area contributed by atoms with Crippen LogP contribution in [0.4, 0.5) is 0 Å². The van der Waals surface area contributed by atoms with E-state index in [9.17, 15) is 5.11 Å². The molecule has 0 saturated carbocycles. The van der Waals surface area contributed by atoms with Crippen molar-refractivity contribution in [2.45, 2.75) is 6.04 Å². The van der Waals surface area contributed by atoms with E-state index in [1.807, 2.05) is 0 Å². The quantitative estimate of drug-likeness (QED) is 0.701. The average molecular weight is 219 g/mol. The molecule has 0 aromatic heterocycles. The van der Waals surface area contributed by atoms with Gasteiger partial charge in [-0.1, -0.05) is 0 Å². The van der Waals surface area contributed by atoms with Gasteiger partial charge in [-0.25, -0.2) is 0 Å². The highest BCUT2D eigenvalue weighted by molar-refractivity contribution is 5.85. The topological polar surface area (TPSA) is 81.5 Å². The number of rotatable bonds is 3. The number of methoxy groups -OCH3 is 1. The maximum absolute atomic E-state index is 9.44. The Kier molecular flexibility index (Phi) is 5.30. The molecule has 5 heteroatoms. The first-order chi connectivity index (χ1) is 6.19. The largest absolute Gasteiger partial charge is 0.508 e. The minimum absolute atomic E-state index is 0. The number of hydrogen-bond donors (Lipinski definition) is 3. The van der Waals surface area contributed by atoms with Gasteiger partial charge in [-0.3, -0.25) is 0 Å². The van der Waals surface area contributed by atoms with Gasteiger partial charge in [0.05, 0.1) is 7.11 Å². The van der Waals surface area contributed by atoms with E-state index in [1.165, 1.54) is 0 Å². The van der Waals surface area contributed by atoms with Gasteiger partial charge >= 0.3 is 0 Å². The van der Waals surface area contributed by atoms with Crippen molar-refractivity contribution in [3.8, 4) is 11.5 Å². The summed E-state index contributed by atoms with van der Waals surface area (Å²) < 4.78 is 5.00. The van der Waals surface area contributed by atoms with Crippen molar-refractivity contribution in [2.75, 3.05) is 13.7 Å². The Hall–Kier alpha value is -0.970. The molecule has 1 aromatic carbocycles. The fourth-order valence-corrected chi connectivity index (χ4v) is 1.08. The number of aromatic hydroxyl groups is 1. The fourth-order valence-electron chi connectivity index (χ4n) is 1.08. The number of phenols is 1. The molecule has 0 heterocycles. The van der Waals surface area contributed by atoms with Crippen LogP contribution in [0.3, 0.4) is 0 Å². The molecule has 0 radical (unpaired) electrons. The van der Waals surface area contributed by atoms with E-state index in [0.29, 0.717) is 17.9 Å². The van der Waals surface area contributed by atoms with Crippen molar-refractivity contribution in [3.05, 3.63) is 23.8 Å². The van der Waals surface area contributed by atoms with Crippen molar-refractivity contribution in [2.24, 2.45) is 11.5 Å². The molecule has 0 aliphatic carbocycles. The van der Waals surface area contributed by atoms with Gasteiger partial charge in [0, 0.05) is 18.2 Å². The summed E-state index contributed by atoms with van der Waals surface area (Å²) in [6, 6.07) is 4.55. The van der Waals surface area contributed by atoms with Gasteiger partial charge in [0.1, 0.15) is 11.5 Å². The third-order valence-corrected chi connectivity index (χ3v) is 1.89. The molecule has 0 saturated heterocycles. The lowest BCUT2D eigenvalue weighted by Gasteiger charge is -2.12. The van der Waals surface area contributed by atoms with Gasteiger partial charge in [-0.05, 0) is 18.2 Å². The van der Waals surface area contributed by atoms with Crippen LogP contribution in [0.5, 0.6) is 11.5 Å². The first-order valence-corrected chi connectivity index (χ1v) is 4.01. The number of benzene rings is 1. The average Bonchev–Trinajstić information content (AvgIpc) is 2.17. The van der Waals surface area contributed by atoms with Crippen LogP contribution in [-0.4, -0.2) is 18.8 Å². The van der Waals surface area contributed by atoms with E-state index < -0.39 is 0 Å². The summed E-state index contributed by atoms with van der Waals surface area (Å²) in [5.74, 6) is 0.815. The van der Waals surface area contributed by atoms with E-state index >= 15 is 0 Å². The Bertz CT molecular complexity index is 294. The molecule has 1 aromatic rings. The normalized spacial score (nSPS) is 11.6. The summed E-state index contributed by atoms with van der Waals surface area (Å²) in [5, 5.41) is 9.44. The molecule has 0 bridgehead atoms. The number of nitrogens with two attached hydrogens (primary N) is 2. The van der Waals surface area contributed by atoms with E-state index in [-0.39, 0.29) is 24.2 Å². The third kappa shape index (κ3) is 2.77. The molecule has 0 aliphatic heterocycles. The molecular weight excluding hydrogens is 204 g/mol. The van der Waals surface area contributed by atoms with Crippen LogP contribution in [0.15, 0.2) is 18.2 Å². The highest BCUT2D eigenvalue weighted by atomic mass is 35.5. The van der Waals surface area contributed by atoms with E-state index in [1.54, 1.807) is 25.3 Å². The Morgan fingerprint density at radius 1 is 1.50 bits per heavy atom. The number of halogens is 1. The minimum Gasteiger partial charge on any atom is -0.508 e. The van der Waals surface area contributed by atoms with Gasteiger partial charge in [-0.2, -0.15) is 0 Å². The lowest BCUT2D eigenvalue weighted by molar-refractivity contribution is 0.409. The molecule has 0 fully saturated rings. The van der Waals surface area contributed by atoms with Crippen molar-refractivity contribution < 1.29 is 9.84 Å². The Morgan fingerprint density at radius 2 is 2.14 bits per heavy atom. The van der Waals surface area contributed by atoms with Gasteiger partial charge in [0.15, 0.2) is 0 Å². The van der Waals surface area contributed by atoms with E-state index in [0.717, 1.165) is 0 Å². The van der Waals surface area contributed by atoms with Crippen LogP contribution < -0.4 is 16.2 Å². The summed E-state index contributed by atoms with van der Waals surface area (Å²) in [4.78, 5) is 0. The third-order valence-electron chi connectivity index (χ3n) is 1.89. The summed E-state index contributed by atoms with van der Waals surface area (Å²) in [5.41, 5.74) is 11.7. The maximum Gasteiger partial charge on any atom is 0.120 e. The fraction of sp³-hybridized carbons (Fsp3) is 0.333. The molecule has 80 valence electrons. The zero-order valence-corrected chi connectivity index (χ0v) is 8.75. The first-order valence-electron chi connectivity index (χ1n) is 4.01. The monoisotopic (exact) mass is 218 g/mol. The summed E-state index contributed by atoms with van der Waals surface area (Å²) in [6.45, 7) is 0.292. The highest BCUT2D eigenvalue weighted by Crippen LogP contribution is 2.26. The van der Waals surface area contributed by atoms with Crippen LogP contribution in [-0.2, 0) is 0 Å². The maximum atomic E-state index is 9.44. The predicted molar refractivity (Wildman–Crippen MR) is 57.9 cm³/mol. The van der Waals surface area contributed by atoms with Crippen molar-refractivity contribution in [1.82, 2.24) is 0 Å². The predicted octanol–water partition coefficient (Wildman–Crippen LogP) is 0.781. The number of phenolic OH excluding ortho intramolecular Hbond substituents is 1. The summed E-state index contributed by atoms with van der Waals surface area (Å²) in [6.07, 6.45) is 0. The van der Waals surface area contributed by atoms with Gasteiger partial charge in [0.25, 0.3) is 0 Å². The second kappa shape index (κ2) is 5.70. The molecular formula is C9H15ClN2O2. The smallest absolute Gasteiger partial charge is 0.120 e. The van der Waals surface area contributed by atoms with Crippen LogP contribution in [0.1, 0.15) is 11.6 Å². The Labute approximate surface area is 89.3 Å². The molecule has 5 N–H and O–H groups in total. The second-order valence-corrected chi connectivity index (χ2v) is 2.77. The Morgan fingerprint density at radius 3 is 2.64 bits per heavy atom. The van der Waals surface area contributed by atoms with Crippen molar-refractivity contribution in [3.63, 3.8) is 0 Å². The number of ether oxygens (including phenoxy) is 1. The molecule has 1 rings (SSSR count). The first kappa shape index (κ1) is 13.0. The van der Waals surface area contributed by atoms with E-state index in [4.69, 9.17) is 16.2 Å². The van der Waals surface area contributed by atoms with Gasteiger partial charge < -0.3 is 21.3 Å². The molecule has 0 unspecified atom stereocenters. The molecule has 0 aliphatic rings. The zero-order chi connectivity index (χ0) is 9.84.